The van der Waals surface area contributed by atoms with Gasteiger partial charge in [-0.2, -0.15) is 0 Å². The molecule has 0 saturated carbocycles. The molecule has 0 atom stereocenters. The molecule has 3 heteroatoms. The fourth-order valence-electron chi connectivity index (χ4n) is 1.24. The van der Waals surface area contributed by atoms with E-state index in [-0.39, 0.29) is 5.82 Å². The Morgan fingerprint density at radius 3 is 2.77 bits per heavy atom. The number of hydrogen-bond donors (Lipinski definition) is 0. The van der Waals surface area contributed by atoms with Crippen molar-refractivity contribution in [2.75, 3.05) is 0 Å². The molecule has 0 fully saturated rings. The molecule has 0 saturated heterocycles. The van der Waals surface area contributed by atoms with Gasteiger partial charge in [-0.15, -0.1) is 0 Å². The lowest BCUT2D eigenvalue weighted by Gasteiger charge is -1.98. The molecule has 0 bridgehead atoms. The average Bonchev–Trinajstić information content (AvgIpc) is 2.53. The molecule has 1 heterocycles. The van der Waals surface area contributed by atoms with Crippen LogP contribution < -0.4 is 0 Å². The smallest absolute Gasteiger partial charge is 0.181 e. The third-order valence-corrected chi connectivity index (χ3v) is 1.76. The van der Waals surface area contributed by atoms with Gasteiger partial charge in [-0.1, -0.05) is 0 Å². The Balaban J connectivity index is 2.53. The van der Waals surface area contributed by atoms with Crippen molar-refractivity contribution in [3.05, 3.63) is 42.2 Å². The first kappa shape index (κ1) is 7.98. The zero-order valence-electron chi connectivity index (χ0n) is 7.12. The van der Waals surface area contributed by atoms with E-state index in [2.05, 4.69) is 4.98 Å². The zero-order valence-corrected chi connectivity index (χ0v) is 7.12. The summed E-state index contributed by atoms with van der Waals surface area (Å²) in [6.07, 6.45) is 2.89. The van der Waals surface area contributed by atoms with Crippen molar-refractivity contribution in [2.24, 2.45) is 0 Å². The van der Waals surface area contributed by atoms with Crippen molar-refractivity contribution in [2.45, 2.75) is 6.92 Å². The van der Waals surface area contributed by atoms with Gasteiger partial charge in [0.2, 0.25) is 0 Å². The Kier molecular flexibility index (Phi) is 1.85. The van der Waals surface area contributed by atoms with Crippen molar-refractivity contribution in [3.63, 3.8) is 0 Å². The Bertz CT molecular complexity index is 389. The normalized spacial score (nSPS) is 10.3. The van der Waals surface area contributed by atoms with Crippen LogP contribution in [0.25, 0.3) is 11.3 Å². The van der Waals surface area contributed by atoms with Crippen molar-refractivity contribution in [3.8, 4) is 11.3 Å². The lowest BCUT2D eigenvalue weighted by atomic mass is 10.1. The number of nitrogens with zero attached hydrogens (tertiary/aromatic N) is 1. The van der Waals surface area contributed by atoms with E-state index >= 15 is 0 Å². The molecule has 0 aliphatic carbocycles. The summed E-state index contributed by atoms with van der Waals surface area (Å²) in [5.74, 6) is 0.328. The van der Waals surface area contributed by atoms with Gasteiger partial charge in [0.05, 0.1) is 6.20 Å². The number of aromatic nitrogens is 1. The fourth-order valence-corrected chi connectivity index (χ4v) is 1.24. The number of oxazole rings is 1. The second kappa shape index (κ2) is 3.01. The Morgan fingerprint density at radius 2 is 2.15 bits per heavy atom. The van der Waals surface area contributed by atoms with E-state index in [9.17, 15) is 4.39 Å². The maximum Gasteiger partial charge on any atom is 0.181 e. The minimum Gasteiger partial charge on any atom is -0.444 e. The number of halogens is 1. The number of rotatable bonds is 1. The van der Waals surface area contributed by atoms with E-state index in [4.69, 9.17) is 4.42 Å². The van der Waals surface area contributed by atoms with Crippen molar-refractivity contribution in [1.29, 1.82) is 0 Å². The molecular formula is C10H8FNO. The van der Waals surface area contributed by atoms with Crippen LogP contribution in [-0.4, -0.2) is 4.98 Å². The van der Waals surface area contributed by atoms with Crippen LogP contribution in [0, 0.1) is 12.7 Å². The minimum atomic E-state index is -0.258. The van der Waals surface area contributed by atoms with Gasteiger partial charge in [-0.05, 0) is 30.7 Å². The molecule has 0 unspecified atom stereocenters. The van der Waals surface area contributed by atoms with Crippen LogP contribution in [0.2, 0.25) is 0 Å². The fraction of sp³-hybridized carbons (Fsp3) is 0.100. The Labute approximate surface area is 75.0 Å². The van der Waals surface area contributed by atoms with Gasteiger partial charge in [-0.3, -0.25) is 0 Å². The molecule has 2 rings (SSSR count). The molecule has 0 N–H and O–H groups in total. The summed E-state index contributed by atoms with van der Waals surface area (Å²) >= 11 is 0. The van der Waals surface area contributed by atoms with Crippen molar-refractivity contribution >= 4 is 0 Å². The minimum absolute atomic E-state index is 0.258. The standard InChI is InChI=1S/C10H8FNO/c1-7-2-8(4-9(11)3-7)10-5-12-6-13-10/h2-6H,1H3. The SMILES string of the molecule is Cc1cc(F)cc(-c2cnco2)c1. The molecule has 1 aromatic heterocycles. The zero-order chi connectivity index (χ0) is 9.26. The van der Waals surface area contributed by atoms with Gasteiger partial charge in [0.15, 0.2) is 12.2 Å². The highest BCUT2D eigenvalue weighted by atomic mass is 19.1. The summed E-state index contributed by atoms with van der Waals surface area (Å²) in [4.78, 5) is 3.77. The highest BCUT2D eigenvalue weighted by Crippen LogP contribution is 2.20. The summed E-state index contributed by atoms with van der Waals surface area (Å²) in [7, 11) is 0. The molecule has 0 aliphatic rings. The van der Waals surface area contributed by atoms with Crippen LogP contribution in [0.4, 0.5) is 4.39 Å². The first-order valence-corrected chi connectivity index (χ1v) is 3.92. The third kappa shape index (κ3) is 1.59. The first-order valence-electron chi connectivity index (χ1n) is 3.92. The van der Waals surface area contributed by atoms with Gasteiger partial charge >= 0.3 is 0 Å². The van der Waals surface area contributed by atoms with Crippen LogP contribution in [0.15, 0.2) is 35.2 Å². The highest BCUT2D eigenvalue weighted by molar-refractivity contribution is 5.57. The molecule has 2 nitrogen and oxygen atoms in total. The van der Waals surface area contributed by atoms with E-state index in [1.54, 1.807) is 6.20 Å². The molecule has 0 amide bonds. The predicted octanol–water partition coefficient (Wildman–Crippen LogP) is 2.79. The monoisotopic (exact) mass is 177 g/mol. The molecule has 2 aromatic rings. The Hall–Kier alpha value is -1.64. The van der Waals surface area contributed by atoms with E-state index in [1.807, 2.05) is 13.0 Å². The maximum atomic E-state index is 13.0. The van der Waals surface area contributed by atoms with E-state index in [0.717, 1.165) is 11.1 Å². The second-order valence-corrected chi connectivity index (χ2v) is 2.88. The topological polar surface area (TPSA) is 26.0 Å². The van der Waals surface area contributed by atoms with Crippen LogP contribution in [0.3, 0.4) is 0 Å². The number of hydrogen-bond acceptors (Lipinski definition) is 2. The summed E-state index contributed by atoms with van der Waals surface area (Å²) in [6, 6.07) is 4.75. The molecule has 1 aromatic carbocycles. The summed E-state index contributed by atoms with van der Waals surface area (Å²) in [6.45, 7) is 1.84. The molecule has 0 aliphatic heterocycles. The van der Waals surface area contributed by atoms with Gasteiger partial charge in [-0.25, -0.2) is 9.37 Å². The quantitative estimate of drug-likeness (QED) is 0.669. The van der Waals surface area contributed by atoms with Gasteiger partial charge in [0.25, 0.3) is 0 Å². The summed E-state index contributed by atoms with van der Waals surface area (Å²) < 4.78 is 18.0. The third-order valence-electron chi connectivity index (χ3n) is 1.76. The Morgan fingerprint density at radius 1 is 1.31 bits per heavy atom. The lowest BCUT2D eigenvalue weighted by molar-refractivity contribution is 0.570. The number of aryl methyl sites for hydroxylation is 1. The maximum absolute atomic E-state index is 13.0. The van der Waals surface area contributed by atoms with Crippen molar-refractivity contribution < 1.29 is 8.81 Å². The van der Waals surface area contributed by atoms with Crippen LogP contribution in [0.5, 0.6) is 0 Å². The molecular weight excluding hydrogens is 169 g/mol. The average molecular weight is 177 g/mol. The van der Waals surface area contributed by atoms with Crippen LogP contribution >= 0.6 is 0 Å². The van der Waals surface area contributed by atoms with Crippen LogP contribution in [-0.2, 0) is 0 Å². The first-order chi connectivity index (χ1) is 6.25. The van der Waals surface area contributed by atoms with E-state index < -0.39 is 0 Å². The van der Waals surface area contributed by atoms with E-state index in [1.165, 1.54) is 18.5 Å². The van der Waals surface area contributed by atoms with Gasteiger partial charge in [0, 0.05) is 5.56 Å². The molecule has 0 radical (unpaired) electrons. The van der Waals surface area contributed by atoms with E-state index in [0.29, 0.717) is 5.76 Å². The predicted molar refractivity (Wildman–Crippen MR) is 46.6 cm³/mol. The summed E-state index contributed by atoms with van der Waals surface area (Å²) in [5, 5.41) is 0. The highest BCUT2D eigenvalue weighted by Gasteiger charge is 2.03. The van der Waals surface area contributed by atoms with Crippen molar-refractivity contribution in [1.82, 2.24) is 4.98 Å². The van der Waals surface area contributed by atoms with Gasteiger partial charge in [0.1, 0.15) is 5.82 Å². The lowest BCUT2D eigenvalue weighted by Crippen LogP contribution is -1.81. The molecule has 66 valence electrons. The molecule has 13 heavy (non-hydrogen) atoms. The van der Waals surface area contributed by atoms with Gasteiger partial charge < -0.3 is 4.42 Å². The van der Waals surface area contributed by atoms with Crippen LogP contribution in [0.1, 0.15) is 5.56 Å². The largest absolute Gasteiger partial charge is 0.444 e. The summed E-state index contributed by atoms with van der Waals surface area (Å²) in [5.41, 5.74) is 1.58. The second-order valence-electron chi connectivity index (χ2n) is 2.88. The number of benzene rings is 1. The molecule has 0 spiro atoms.